The topological polar surface area (TPSA) is 23.4 Å². The van der Waals surface area contributed by atoms with E-state index in [1.54, 1.807) is 0 Å². The third-order valence-corrected chi connectivity index (χ3v) is 14.4. The number of para-hydroxylation sites is 3. The molecule has 3 heterocycles. The molecule has 0 radical (unpaired) electrons. The van der Waals surface area contributed by atoms with Crippen LogP contribution < -0.4 is 25.6 Å². The standard InChI is InChI=1S/C57H54N4S/c1-6-8-24-44(38(3)41-22-9-12-23-43(35-41)62-5)56-57(58-51-28-16-18-30-54(51)59(56)4)60-37-50(45-25-13-10-20-39(45)19-7-2)49-36-42(32-34-52(49)60)61-53-29-17-15-27-47(53)48-33-31-40-21-11-14-26-46(40)55(48)61/h7-34,36,41,43,56-58H,2,6,35,37H2,1,3-5H3/b24-8-,39-19-,44-38-,50-45+. The monoisotopic (exact) mass is 826 g/mol. The van der Waals surface area contributed by atoms with Crippen LogP contribution in [0.2, 0.25) is 0 Å². The van der Waals surface area contributed by atoms with Crippen molar-refractivity contribution in [1.29, 1.82) is 0 Å². The lowest BCUT2D eigenvalue weighted by molar-refractivity contribution is 0.553. The Labute approximate surface area is 370 Å². The molecular weight excluding hydrogens is 773 g/mol. The van der Waals surface area contributed by atoms with Crippen LogP contribution in [0.25, 0.3) is 49.9 Å². The van der Waals surface area contributed by atoms with Crippen molar-refractivity contribution >= 4 is 73.1 Å². The third-order valence-electron chi connectivity index (χ3n) is 13.4. The van der Waals surface area contributed by atoms with Crippen LogP contribution in [-0.4, -0.2) is 41.9 Å². The normalized spacial score (nSPS) is 21.4. The fourth-order valence-corrected chi connectivity index (χ4v) is 11.0. The minimum Gasteiger partial charge on any atom is -0.362 e. The minimum absolute atomic E-state index is 0.00982. The van der Waals surface area contributed by atoms with Crippen molar-refractivity contribution in [2.45, 2.75) is 44.1 Å². The molecule has 308 valence electrons. The van der Waals surface area contributed by atoms with Crippen LogP contribution in [0.3, 0.4) is 0 Å². The van der Waals surface area contributed by atoms with Crippen LogP contribution in [0.5, 0.6) is 0 Å². The number of anilines is 3. The van der Waals surface area contributed by atoms with E-state index >= 15 is 0 Å². The Morgan fingerprint density at radius 3 is 2.45 bits per heavy atom. The molecule has 1 N–H and O–H groups in total. The summed E-state index contributed by atoms with van der Waals surface area (Å²) in [6, 6.07) is 47.1. The lowest BCUT2D eigenvalue weighted by atomic mass is 9.85. The summed E-state index contributed by atoms with van der Waals surface area (Å²) in [5.74, 6) is 0.323. The molecule has 0 fully saturated rings. The van der Waals surface area contributed by atoms with E-state index < -0.39 is 0 Å². The van der Waals surface area contributed by atoms with E-state index in [-0.39, 0.29) is 12.2 Å². The molecule has 62 heavy (non-hydrogen) atoms. The molecule has 0 spiro atoms. The van der Waals surface area contributed by atoms with Crippen molar-refractivity contribution in [2.24, 2.45) is 5.92 Å². The van der Waals surface area contributed by atoms with Crippen molar-refractivity contribution in [1.82, 2.24) is 4.57 Å². The first-order valence-corrected chi connectivity index (χ1v) is 23.3. The number of rotatable bonds is 8. The first kappa shape index (κ1) is 39.7. The molecule has 1 aromatic heterocycles. The highest BCUT2D eigenvalue weighted by molar-refractivity contribution is 7.99. The first-order chi connectivity index (χ1) is 30.5. The highest BCUT2D eigenvalue weighted by Gasteiger charge is 2.42. The largest absolute Gasteiger partial charge is 0.362 e. The van der Waals surface area contributed by atoms with Gasteiger partial charge in [-0.1, -0.05) is 159 Å². The van der Waals surface area contributed by atoms with E-state index in [9.17, 15) is 0 Å². The maximum Gasteiger partial charge on any atom is 0.125 e. The van der Waals surface area contributed by atoms with Gasteiger partial charge in [-0.25, -0.2) is 0 Å². The molecule has 4 atom stereocenters. The maximum absolute atomic E-state index is 4.17. The number of likely N-dealkylation sites (N-methyl/N-ethyl adjacent to an activating group) is 1. The molecule has 0 bridgehead atoms. The van der Waals surface area contributed by atoms with E-state index in [4.69, 9.17) is 0 Å². The van der Waals surface area contributed by atoms with E-state index in [2.05, 4.69) is 223 Å². The molecule has 4 unspecified atom stereocenters. The van der Waals surface area contributed by atoms with Crippen LogP contribution in [-0.2, 0) is 0 Å². The lowest BCUT2D eigenvalue weighted by Crippen LogP contribution is -2.58. The van der Waals surface area contributed by atoms with Gasteiger partial charge in [0.1, 0.15) is 6.17 Å². The molecule has 4 nitrogen and oxygen atoms in total. The van der Waals surface area contributed by atoms with E-state index in [0.717, 1.165) is 30.8 Å². The zero-order chi connectivity index (χ0) is 42.3. The van der Waals surface area contributed by atoms with Gasteiger partial charge in [-0.05, 0) is 95.3 Å². The Balaban J connectivity index is 1.22. The zero-order valence-electron chi connectivity index (χ0n) is 36.1. The van der Waals surface area contributed by atoms with Gasteiger partial charge in [0.15, 0.2) is 0 Å². The SMILES string of the molecule is C=C/C=c1/cccc/c1=C1/CN(C2Nc3ccccc3N(C)C2C(/C=C\CC)=C(/C)C2C=CC=CC(SC)C2)c2ccc(-n3c4ccccc4c4ccc5ccccc5c43)cc21. The first-order valence-electron chi connectivity index (χ1n) is 22.1. The second-order valence-electron chi connectivity index (χ2n) is 16.8. The van der Waals surface area contributed by atoms with E-state index in [0.29, 0.717) is 11.2 Å². The van der Waals surface area contributed by atoms with Gasteiger partial charge >= 0.3 is 0 Å². The van der Waals surface area contributed by atoms with Crippen LogP contribution in [0.1, 0.15) is 32.3 Å². The molecular formula is C57H54N4S. The molecule has 2 aliphatic heterocycles. The molecule has 5 heteroatoms. The van der Waals surface area contributed by atoms with Gasteiger partial charge in [0.25, 0.3) is 0 Å². The number of benzene rings is 6. The fraction of sp³-hybridized carbons (Fsp3) is 0.193. The zero-order valence-corrected chi connectivity index (χ0v) is 36.9. The summed E-state index contributed by atoms with van der Waals surface area (Å²) in [7, 11) is 2.30. The predicted octanol–water partition coefficient (Wildman–Crippen LogP) is 12.3. The van der Waals surface area contributed by atoms with Crippen LogP contribution in [0, 0.1) is 5.92 Å². The summed E-state index contributed by atoms with van der Waals surface area (Å²) in [5.41, 5.74) is 12.6. The average molecular weight is 827 g/mol. The summed E-state index contributed by atoms with van der Waals surface area (Å²) in [4.78, 5) is 5.19. The Hall–Kier alpha value is -6.43. The highest BCUT2D eigenvalue weighted by atomic mass is 32.2. The molecule has 0 amide bonds. The molecule has 7 aromatic rings. The van der Waals surface area contributed by atoms with Gasteiger partial charge in [-0.2, -0.15) is 11.8 Å². The summed E-state index contributed by atoms with van der Waals surface area (Å²) in [6.07, 6.45) is 22.3. The molecule has 0 saturated carbocycles. The van der Waals surface area contributed by atoms with Gasteiger partial charge in [-0.3, -0.25) is 0 Å². The molecule has 6 aromatic carbocycles. The Morgan fingerprint density at radius 2 is 1.60 bits per heavy atom. The quantitative estimate of drug-likeness (QED) is 0.154. The molecule has 3 aliphatic rings. The Kier molecular flexibility index (Phi) is 10.7. The number of nitrogens with one attached hydrogen (secondary N) is 1. The molecule has 1 aliphatic carbocycles. The second kappa shape index (κ2) is 16.8. The average Bonchev–Trinajstić information content (AvgIpc) is 3.75. The number of nitrogens with zero attached hydrogens (tertiary/aromatic N) is 3. The van der Waals surface area contributed by atoms with Crippen LogP contribution in [0.4, 0.5) is 17.1 Å². The minimum atomic E-state index is -0.0829. The van der Waals surface area contributed by atoms with Gasteiger partial charge in [0, 0.05) is 51.9 Å². The van der Waals surface area contributed by atoms with E-state index in [1.807, 2.05) is 17.8 Å². The third kappa shape index (κ3) is 6.80. The summed E-state index contributed by atoms with van der Waals surface area (Å²) < 4.78 is 2.50. The number of aromatic nitrogens is 1. The Bertz CT molecular complexity index is 3130. The van der Waals surface area contributed by atoms with Crippen molar-refractivity contribution in [3.63, 3.8) is 0 Å². The van der Waals surface area contributed by atoms with Crippen molar-refractivity contribution in [2.75, 3.05) is 35.0 Å². The number of fused-ring (bicyclic) bond motifs is 7. The highest BCUT2D eigenvalue weighted by Crippen LogP contribution is 2.45. The fourth-order valence-electron chi connectivity index (χ4n) is 10.4. The lowest BCUT2D eigenvalue weighted by Gasteiger charge is -2.48. The Morgan fingerprint density at radius 1 is 0.823 bits per heavy atom. The molecule has 10 rings (SSSR count). The summed E-state index contributed by atoms with van der Waals surface area (Å²) in [5, 5.41) is 12.1. The van der Waals surface area contributed by atoms with Crippen LogP contribution in [0.15, 0.2) is 188 Å². The predicted molar refractivity (Wildman–Crippen MR) is 270 cm³/mol. The van der Waals surface area contributed by atoms with Gasteiger partial charge in [0.05, 0.1) is 28.5 Å². The number of allylic oxidation sites excluding steroid dienone is 6. The summed E-state index contributed by atoms with van der Waals surface area (Å²) >= 11 is 1.94. The number of hydrogen-bond donors (Lipinski definition) is 1. The van der Waals surface area contributed by atoms with Crippen molar-refractivity contribution in [3.05, 3.63) is 204 Å². The maximum atomic E-state index is 4.17. The number of hydrogen-bond acceptors (Lipinski definition) is 4. The van der Waals surface area contributed by atoms with E-state index in [1.165, 1.54) is 76.7 Å². The number of thioether (sulfide) groups is 1. The molecule has 0 saturated heterocycles. The van der Waals surface area contributed by atoms with Crippen molar-refractivity contribution < 1.29 is 0 Å². The van der Waals surface area contributed by atoms with Crippen LogP contribution >= 0.6 is 11.8 Å². The summed E-state index contributed by atoms with van der Waals surface area (Å²) in [6.45, 7) is 9.50. The van der Waals surface area contributed by atoms with Gasteiger partial charge in [0.2, 0.25) is 0 Å². The second-order valence-corrected chi connectivity index (χ2v) is 17.9. The van der Waals surface area contributed by atoms with Crippen molar-refractivity contribution in [3.8, 4) is 5.69 Å². The smallest absolute Gasteiger partial charge is 0.125 e. The van der Waals surface area contributed by atoms with Gasteiger partial charge in [-0.15, -0.1) is 0 Å². The van der Waals surface area contributed by atoms with Gasteiger partial charge < -0.3 is 19.7 Å².